The normalized spacial score (nSPS) is 24.7. The molecule has 15 heteroatoms. The minimum Gasteiger partial charge on any atom is -0.462 e. The van der Waals surface area contributed by atoms with Crippen LogP contribution in [0.3, 0.4) is 0 Å². The molecule has 2 heterocycles. The van der Waals surface area contributed by atoms with Crippen LogP contribution < -0.4 is 0 Å². The highest BCUT2D eigenvalue weighted by Gasteiger charge is 2.47. The van der Waals surface area contributed by atoms with Gasteiger partial charge in [0.05, 0.1) is 19.8 Å². The van der Waals surface area contributed by atoms with Crippen LogP contribution in [0, 0.1) is 0 Å². The zero-order valence-corrected chi connectivity index (χ0v) is 46.8. The molecule has 0 saturated carbocycles. The van der Waals surface area contributed by atoms with E-state index in [1.807, 2.05) is 6.08 Å². The summed E-state index contributed by atoms with van der Waals surface area (Å²) in [5.74, 6) is -0.975. The van der Waals surface area contributed by atoms with Gasteiger partial charge in [0.25, 0.3) is 0 Å². The predicted molar refractivity (Wildman–Crippen MR) is 294 cm³/mol. The number of aliphatic hydroxyl groups is 7. The molecule has 0 aromatic heterocycles. The number of allylic oxidation sites excluding steroid dienone is 6. The largest absolute Gasteiger partial charge is 0.462 e. The monoisotopic (exact) mass is 1070 g/mol. The lowest BCUT2D eigenvalue weighted by Crippen LogP contribution is -2.61. The van der Waals surface area contributed by atoms with Gasteiger partial charge in [-0.1, -0.05) is 217 Å². The lowest BCUT2D eigenvalue weighted by molar-refractivity contribution is -0.332. The zero-order chi connectivity index (χ0) is 54.6. The number of unbranched alkanes of at least 4 members (excludes halogenated alkanes) is 28. The topological polar surface area (TPSA) is 231 Å². The van der Waals surface area contributed by atoms with Crippen molar-refractivity contribution in [3.63, 3.8) is 0 Å². The Morgan fingerprint density at radius 3 is 1.29 bits per heavy atom. The van der Waals surface area contributed by atoms with Crippen molar-refractivity contribution in [2.75, 3.05) is 26.4 Å². The summed E-state index contributed by atoms with van der Waals surface area (Å²) in [6.45, 7) is 2.58. The van der Waals surface area contributed by atoms with Crippen LogP contribution in [0.15, 0.2) is 36.5 Å². The van der Waals surface area contributed by atoms with Gasteiger partial charge in [-0.3, -0.25) is 9.59 Å². The molecule has 0 aromatic carbocycles. The molecule has 7 N–H and O–H groups in total. The average Bonchev–Trinajstić information content (AvgIpc) is 3.40. The number of rotatable bonds is 48. The highest BCUT2D eigenvalue weighted by molar-refractivity contribution is 5.70. The van der Waals surface area contributed by atoms with Gasteiger partial charge in [-0.25, -0.2) is 0 Å². The molecule has 0 radical (unpaired) electrons. The van der Waals surface area contributed by atoms with E-state index in [4.69, 9.17) is 28.4 Å². The summed E-state index contributed by atoms with van der Waals surface area (Å²) < 4.78 is 33.6. The summed E-state index contributed by atoms with van der Waals surface area (Å²) in [5, 5.41) is 72.3. The zero-order valence-electron chi connectivity index (χ0n) is 46.8. The van der Waals surface area contributed by atoms with Crippen molar-refractivity contribution in [3.05, 3.63) is 36.5 Å². The Morgan fingerprint density at radius 2 is 0.813 bits per heavy atom. The molecule has 0 spiro atoms. The molecule has 438 valence electrons. The van der Waals surface area contributed by atoms with Crippen molar-refractivity contribution in [1.29, 1.82) is 0 Å². The van der Waals surface area contributed by atoms with Gasteiger partial charge in [0.2, 0.25) is 0 Å². The smallest absolute Gasteiger partial charge is 0.306 e. The van der Waals surface area contributed by atoms with E-state index in [1.54, 1.807) is 0 Å². The Bertz CT molecular complexity index is 1440. The number of carbonyl (C=O) groups excluding carboxylic acids is 2. The van der Waals surface area contributed by atoms with Crippen LogP contribution in [0.2, 0.25) is 0 Å². The van der Waals surface area contributed by atoms with Crippen molar-refractivity contribution in [2.45, 2.75) is 306 Å². The first-order valence-electron chi connectivity index (χ1n) is 30.1. The van der Waals surface area contributed by atoms with Gasteiger partial charge in [-0.05, 0) is 44.9 Å². The Balaban J connectivity index is 1.74. The van der Waals surface area contributed by atoms with E-state index in [-0.39, 0.29) is 19.4 Å². The Kier molecular flexibility index (Phi) is 42.8. The van der Waals surface area contributed by atoms with Gasteiger partial charge >= 0.3 is 11.9 Å². The molecule has 2 saturated heterocycles. The quantitative estimate of drug-likeness (QED) is 0.0171. The molecule has 75 heavy (non-hydrogen) atoms. The summed E-state index contributed by atoms with van der Waals surface area (Å²) in [7, 11) is 0. The van der Waals surface area contributed by atoms with Crippen molar-refractivity contribution in [3.8, 4) is 0 Å². The Hall–Kier alpha value is -2.28. The van der Waals surface area contributed by atoms with E-state index in [0.717, 1.165) is 38.5 Å². The molecule has 0 bridgehead atoms. The molecular weight excluding hydrogens is 961 g/mol. The number of carbonyl (C=O) groups is 2. The molecule has 4 unspecified atom stereocenters. The molecule has 0 aliphatic carbocycles. The third-order valence-electron chi connectivity index (χ3n) is 14.4. The van der Waals surface area contributed by atoms with Crippen molar-refractivity contribution >= 4 is 11.9 Å². The molecule has 2 fully saturated rings. The number of ether oxygens (including phenoxy) is 6. The number of hydrogen-bond donors (Lipinski definition) is 7. The summed E-state index contributed by atoms with van der Waals surface area (Å²) in [5.41, 5.74) is 0. The van der Waals surface area contributed by atoms with Crippen LogP contribution in [0.5, 0.6) is 0 Å². The van der Waals surface area contributed by atoms with E-state index < -0.39 is 99.3 Å². The van der Waals surface area contributed by atoms with Crippen molar-refractivity contribution < 1.29 is 73.8 Å². The minimum atomic E-state index is -1.77. The third-order valence-corrected chi connectivity index (χ3v) is 14.4. The minimum absolute atomic E-state index is 0.0956. The highest BCUT2D eigenvalue weighted by atomic mass is 16.7. The van der Waals surface area contributed by atoms with Crippen LogP contribution in [-0.2, 0) is 38.0 Å². The second-order valence-electron chi connectivity index (χ2n) is 21.2. The molecular formula is C60H108O15. The van der Waals surface area contributed by atoms with E-state index in [2.05, 4.69) is 44.2 Å². The Labute approximate surface area is 453 Å². The number of hydrogen-bond acceptors (Lipinski definition) is 15. The maximum atomic E-state index is 13.0. The maximum absolute atomic E-state index is 13.0. The van der Waals surface area contributed by atoms with Gasteiger partial charge in [0, 0.05) is 12.8 Å². The summed E-state index contributed by atoms with van der Waals surface area (Å²) in [6, 6.07) is 0. The standard InChI is InChI=1S/C60H108O15/c1-3-5-7-9-11-13-15-17-19-21-22-23-24-25-27-28-30-32-34-36-38-40-42-51(62)70-45-48(73-52(63)43-41-39-37-35-33-31-29-26-20-18-16-14-12-10-8-6-4-2)46-71-59-58(69)56(67)54(65)50(75-59)47-72-60-57(68)55(66)53(64)49(44-61)74-60/h18,20,29,31,35,37,48-50,53-61,64-69H,3-17,19,21-28,30,32-34,36,38-47H2,1-2H3/b20-18+,31-29+,37-35+/t48-,49+,50+,53-,54-,55?,56?,57?,58?,59+,60+/m0/s1. The number of aliphatic hydroxyl groups excluding tert-OH is 7. The summed E-state index contributed by atoms with van der Waals surface area (Å²) >= 11 is 0. The maximum Gasteiger partial charge on any atom is 0.306 e. The van der Waals surface area contributed by atoms with Crippen molar-refractivity contribution in [2.24, 2.45) is 0 Å². The van der Waals surface area contributed by atoms with Gasteiger partial charge < -0.3 is 64.2 Å². The van der Waals surface area contributed by atoms with Crippen LogP contribution in [-0.4, -0.2) is 142 Å². The Morgan fingerprint density at radius 1 is 0.427 bits per heavy atom. The molecule has 0 aromatic rings. The van der Waals surface area contributed by atoms with Gasteiger partial charge in [0.15, 0.2) is 18.7 Å². The fourth-order valence-corrected chi connectivity index (χ4v) is 9.47. The second-order valence-corrected chi connectivity index (χ2v) is 21.2. The molecule has 2 aliphatic rings. The summed E-state index contributed by atoms with van der Waals surface area (Å²) in [6.07, 6.45) is 36.1. The highest BCUT2D eigenvalue weighted by Crippen LogP contribution is 2.27. The predicted octanol–water partition coefficient (Wildman–Crippen LogP) is 10.4. The van der Waals surface area contributed by atoms with E-state index >= 15 is 0 Å². The lowest BCUT2D eigenvalue weighted by atomic mass is 9.98. The van der Waals surface area contributed by atoms with Gasteiger partial charge in [-0.2, -0.15) is 0 Å². The first-order valence-corrected chi connectivity index (χ1v) is 30.1. The second kappa shape index (κ2) is 46.6. The molecule has 0 amide bonds. The SMILES string of the molecule is CCCCCCCC/C=C/C/C=C/C/C=C/CCCC(=O)O[C@@H](COC(=O)CCCCCCCCCCCCCCCCCCCCCCCC)CO[C@@H]1O[C@H](CO[C@@H]2O[C@H](CO)[C@H](O)C(O)C2O)[C@H](O)C(O)C1O. The van der Waals surface area contributed by atoms with Gasteiger partial charge in [-0.15, -0.1) is 0 Å². The number of esters is 2. The van der Waals surface area contributed by atoms with Crippen molar-refractivity contribution in [1.82, 2.24) is 0 Å². The fraction of sp³-hybridized carbons (Fsp3) is 0.867. The first kappa shape index (κ1) is 68.8. The lowest BCUT2D eigenvalue weighted by Gasteiger charge is -2.42. The van der Waals surface area contributed by atoms with E-state index in [9.17, 15) is 45.3 Å². The van der Waals surface area contributed by atoms with Crippen LogP contribution in [0.4, 0.5) is 0 Å². The molecule has 2 rings (SSSR count). The molecule has 2 aliphatic heterocycles. The fourth-order valence-electron chi connectivity index (χ4n) is 9.47. The molecule has 11 atom stereocenters. The van der Waals surface area contributed by atoms with E-state index in [1.165, 1.54) is 154 Å². The average molecular weight is 1070 g/mol. The van der Waals surface area contributed by atoms with Crippen LogP contribution in [0.1, 0.15) is 239 Å². The van der Waals surface area contributed by atoms with Crippen LogP contribution >= 0.6 is 0 Å². The third kappa shape index (κ3) is 33.7. The summed E-state index contributed by atoms with van der Waals surface area (Å²) in [4.78, 5) is 25.9. The molecule has 15 nitrogen and oxygen atoms in total. The van der Waals surface area contributed by atoms with E-state index in [0.29, 0.717) is 19.3 Å². The van der Waals surface area contributed by atoms with Gasteiger partial charge in [0.1, 0.15) is 55.4 Å². The first-order chi connectivity index (χ1) is 36.5. The van der Waals surface area contributed by atoms with Crippen LogP contribution in [0.25, 0.3) is 0 Å².